The number of carbonyl (C=O) groups excluding carboxylic acids is 2. The van der Waals surface area contributed by atoms with Crippen LogP contribution in [0.2, 0.25) is 5.02 Å². The molecule has 2 N–H and O–H groups in total. The first kappa shape index (κ1) is 21.4. The molecule has 162 valence electrons. The van der Waals surface area contributed by atoms with E-state index in [0.29, 0.717) is 41.9 Å². The highest BCUT2D eigenvalue weighted by atomic mass is 35.5. The highest BCUT2D eigenvalue weighted by Crippen LogP contribution is 2.31. The molecule has 2 amide bonds. The van der Waals surface area contributed by atoms with Gasteiger partial charge in [-0.05, 0) is 43.2 Å². The average molecular weight is 460 g/mol. The van der Waals surface area contributed by atoms with Crippen LogP contribution in [0.3, 0.4) is 0 Å². The predicted molar refractivity (Wildman–Crippen MR) is 117 cm³/mol. The molecule has 7 nitrogen and oxygen atoms in total. The number of likely N-dealkylation sites (tertiary alicyclic amines) is 1. The van der Waals surface area contributed by atoms with E-state index in [4.69, 9.17) is 17.3 Å². The summed E-state index contributed by atoms with van der Waals surface area (Å²) in [5.74, 6) is -0.660. The molecule has 1 saturated heterocycles. The predicted octanol–water partition coefficient (Wildman–Crippen LogP) is 2.85. The molecular weight excluding hydrogens is 438 g/mol. The Hall–Kier alpha value is -2.84. The molecule has 0 bridgehead atoms. The van der Waals surface area contributed by atoms with Crippen molar-refractivity contribution >= 4 is 44.2 Å². The minimum atomic E-state index is -3.79. The van der Waals surface area contributed by atoms with Gasteiger partial charge in [0.05, 0.1) is 9.79 Å². The largest absolute Gasteiger partial charge is 0.369 e. The Morgan fingerprint density at radius 2 is 1.68 bits per heavy atom. The molecule has 2 heterocycles. The molecule has 0 saturated carbocycles. The molecule has 1 aliphatic rings. The van der Waals surface area contributed by atoms with Gasteiger partial charge < -0.3 is 15.2 Å². The summed E-state index contributed by atoms with van der Waals surface area (Å²) in [6.07, 6.45) is 2.61. The van der Waals surface area contributed by atoms with E-state index in [0.717, 1.165) is 0 Å². The number of aromatic nitrogens is 1. The number of halogens is 1. The van der Waals surface area contributed by atoms with Crippen molar-refractivity contribution in [2.24, 2.45) is 11.7 Å². The lowest BCUT2D eigenvalue weighted by molar-refractivity contribution is -0.135. The summed E-state index contributed by atoms with van der Waals surface area (Å²) in [6.45, 7) is 0.932. The minimum Gasteiger partial charge on any atom is -0.369 e. The summed E-state index contributed by atoms with van der Waals surface area (Å²) in [7, 11) is -3.79. The first-order chi connectivity index (χ1) is 14.8. The van der Waals surface area contributed by atoms with Crippen molar-refractivity contribution in [1.29, 1.82) is 0 Å². The van der Waals surface area contributed by atoms with Gasteiger partial charge in [0.15, 0.2) is 0 Å². The van der Waals surface area contributed by atoms with Gasteiger partial charge in [-0.3, -0.25) is 9.59 Å². The van der Waals surface area contributed by atoms with E-state index in [2.05, 4.69) is 0 Å². The topological polar surface area (TPSA) is 102 Å². The molecule has 2 aromatic carbocycles. The van der Waals surface area contributed by atoms with E-state index in [1.54, 1.807) is 33.7 Å². The van der Waals surface area contributed by atoms with Crippen LogP contribution in [0.4, 0.5) is 0 Å². The Bertz CT molecular complexity index is 1240. The van der Waals surface area contributed by atoms with Crippen LogP contribution in [0.5, 0.6) is 0 Å². The number of amides is 2. The highest BCUT2D eigenvalue weighted by Gasteiger charge is 2.28. The lowest BCUT2D eigenvalue weighted by Gasteiger charge is -2.30. The molecular formula is C22H22ClN3O4S. The van der Waals surface area contributed by atoms with Crippen molar-refractivity contribution in [2.45, 2.75) is 29.2 Å². The Balaban J connectivity index is 1.64. The highest BCUT2D eigenvalue weighted by molar-refractivity contribution is 7.91. The summed E-state index contributed by atoms with van der Waals surface area (Å²) in [5.41, 5.74) is 6.03. The first-order valence-electron chi connectivity index (χ1n) is 9.93. The van der Waals surface area contributed by atoms with E-state index >= 15 is 0 Å². The second-order valence-corrected chi connectivity index (χ2v) is 10.0. The molecule has 1 aliphatic heterocycles. The number of hydrogen-bond acceptors (Lipinski definition) is 4. The van der Waals surface area contributed by atoms with Crippen molar-refractivity contribution in [2.75, 3.05) is 13.1 Å². The maximum Gasteiger partial charge on any atom is 0.242 e. The average Bonchev–Trinajstić information content (AvgIpc) is 3.13. The molecule has 0 radical (unpaired) electrons. The van der Waals surface area contributed by atoms with Crippen LogP contribution in [0.1, 0.15) is 12.8 Å². The number of primary amides is 1. The summed E-state index contributed by atoms with van der Waals surface area (Å²) in [6, 6.07) is 13.1. The molecule has 4 rings (SSSR count). The van der Waals surface area contributed by atoms with E-state index in [-0.39, 0.29) is 34.1 Å². The first-order valence-corrected chi connectivity index (χ1v) is 11.8. The zero-order chi connectivity index (χ0) is 22.2. The number of sulfone groups is 1. The van der Waals surface area contributed by atoms with Crippen LogP contribution in [0, 0.1) is 5.92 Å². The maximum atomic E-state index is 13.3. The SMILES string of the molecule is NC(=O)C1CCN(C(=O)Cn2cc(S(=O)(=O)c3ccc(Cl)cc3)c3ccccc32)CC1. The van der Waals surface area contributed by atoms with Crippen LogP contribution in [0.25, 0.3) is 10.9 Å². The van der Waals surface area contributed by atoms with Crippen LogP contribution >= 0.6 is 11.6 Å². The fraction of sp³-hybridized carbons (Fsp3) is 0.273. The fourth-order valence-electron chi connectivity index (χ4n) is 3.96. The second kappa shape index (κ2) is 8.36. The molecule has 0 aliphatic carbocycles. The number of hydrogen-bond donors (Lipinski definition) is 1. The normalized spacial score (nSPS) is 15.3. The maximum absolute atomic E-state index is 13.3. The Morgan fingerprint density at radius 1 is 1.03 bits per heavy atom. The third-order valence-electron chi connectivity index (χ3n) is 5.72. The number of nitrogens with zero attached hydrogens (tertiary/aromatic N) is 2. The van der Waals surface area contributed by atoms with E-state index in [9.17, 15) is 18.0 Å². The molecule has 0 atom stereocenters. The summed E-state index contributed by atoms with van der Waals surface area (Å²) in [4.78, 5) is 26.2. The molecule has 31 heavy (non-hydrogen) atoms. The standard InChI is InChI=1S/C22H22ClN3O4S/c23-16-5-7-17(8-6-16)31(29,30)20-13-26(19-4-2-1-3-18(19)20)14-21(27)25-11-9-15(10-12-25)22(24)28/h1-8,13,15H,9-12,14H2,(H2,24,28). The Kier molecular flexibility index (Phi) is 5.77. The number of para-hydroxylation sites is 1. The van der Waals surface area contributed by atoms with Crippen molar-refractivity contribution in [3.05, 3.63) is 59.8 Å². The van der Waals surface area contributed by atoms with E-state index in [1.165, 1.54) is 30.5 Å². The summed E-state index contributed by atoms with van der Waals surface area (Å²) >= 11 is 5.90. The summed E-state index contributed by atoms with van der Waals surface area (Å²) in [5, 5.41) is 1.00. The van der Waals surface area contributed by atoms with Gasteiger partial charge in [-0.1, -0.05) is 29.8 Å². The van der Waals surface area contributed by atoms with Gasteiger partial charge in [-0.2, -0.15) is 0 Å². The van der Waals surface area contributed by atoms with Gasteiger partial charge in [-0.25, -0.2) is 8.42 Å². The lowest BCUT2D eigenvalue weighted by Crippen LogP contribution is -2.42. The number of benzene rings is 2. The molecule has 0 unspecified atom stereocenters. The number of carbonyl (C=O) groups is 2. The van der Waals surface area contributed by atoms with Gasteiger partial charge >= 0.3 is 0 Å². The van der Waals surface area contributed by atoms with Crippen molar-refractivity contribution in [1.82, 2.24) is 9.47 Å². The second-order valence-electron chi connectivity index (χ2n) is 7.65. The molecule has 1 fully saturated rings. The number of fused-ring (bicyclic) bond motifs is 1. The quantitative estimate of drug-likeness (QED) is 0.633. The molecule has 9 heteroatoms. The van der Waals surface area contributed by atoms with Gasteiger partial charge in [0, 0.05) is 41.1 Å². The fourth-order valence-corrected chi connectivity index (χ4v) is 5.56. The Labute approximate surface area is 185 Å². The monoisotopic (exact) mass is 459 g/mol. The zero-order valence-electron chi connectivity index (χ0n) is 16.7. The summed E-state index contributed by atoms with van der Waals surface area (Å²) < 4.78 is 28.2. The van der Waals surface area contributed by atoms with Gasteiger partial charge in [0.25, 0.3) is 0 Å². The van der Waals surface area contributed by atoms with Crippen molar-refractivity contribution < 1.29 is 18.0 Å². The van der Waals surface area contributed by atoms with Crippen molar-refractivity contribution in [3.63, 3.8) is 0 Å². The Morgan fingerprint density at radius 3 is 2.32 bits per heavy atom. The lowest BCUT2D eigenvalue weighted by atomic mass is 9.96. The third kappa shape index (κ3) is 4.18. The third-order valence-corrected chi connectivity index (χ3v) is 7.77. The van der Waals surface area contributed by atoms with E-state index in [1.807, 2.05) is 0 Å². The van der Waals surface area contributed by atoms with Crippen LogP contribution in [-0.4, -0.2) is 42.8 Å². The zero-order valence-corrected chi connectivity index (χ0v) is 18.3. The van der Waals surface area contributed by atoms with Gasteiger partial charge in [0.2, 0.25) is 21.7 Å². The van der Waals surface area contributed by atoms with Crippen molar-refractivity contribution in [3.8, 4) is 0 Å². The van der Waals surface area contributed by atoms with Crippen LogP contribution in [0.15, 0.2) is 64.5 Å². The number of rotatable bonds is 5. The van der Waals surface area contributed by atoms with Gasteiger partial charge in [-0.15, -0.1) is 0 Å². The van der Waals surface area contributed by atoms with Gasteiger partial charge in [0.1, 0.15) is 6.54 Å². The smallest absolute Gasteiger partial charge is 0.242 e. The van der Waals surface area contributed by atoms with Crippen LogP contribution < -0.4 is 5.73 Å². The molecule has 3 aromatic rings. The molecule has 0 spiro atoms. The number of piperidine rings is 1. The van der Waals surface area contributed by atoms with E-state index < -0.39 is 9.84 Å². The number of nitrogens with two attached hydrogens (primary N) is 1. The minimum absolute atomic E-state index is 0.0118. The van der Waals surface area contributed by atoms with Crippen LogP contribution in [-0.2, 0) is 26.0 Å². The molecule has 1 aromatic heterocycles.